The van der Waals surface area contributed by atoms with Crippen molar-refractivity contribution in [3.8, 4) is 0 Å². The van der Waals surface area contributed by atoms with Gasteiger partial charge in [-0.05, 0) is 18.6 Å². The Balaban J connectivity index is 0.000000234. The highest BCUT2D eigenvalue weighted by Crippen LogP contribution is 2.26. The molecule has 1 saturated heterocycles. The number of aliphatic hydroxyl groups excluding tert-OH is 2. The summed E-state index contributed by atoms with van der Waals surface area (Å²) in [6, 6.07) is 5.04. The highest BCUT2D eigenvalue weighted by molar-refractivity contribution is 5.92. The fourth-order valence-electron chi connectivity index (χ4n) is 2.34. The lowest BCUT2D eigenvalue weighted by molar-refractivity contribution is -0.141. The first kappa shape index (κ1) is 22.5. The number of halogens is 3. The monoisotopic (exact) mass is 415 g/mol. The van der Waals surface area contributed by atoms with Crippen molar-refractivity contribution in [3.05, 3.63) is 48.2 Å². The standard InChI is InChI=1S/C12H16N2O4.C5H4F3N3/c15-9-4-6-18-10(11(9)16)7-14-12(17)8-3-1-2-5-13-8;6-5(7,8)3-1-10-2-4(9)11-3/h1-3,5,9-11,15-16H,4,6-7H2,(H,14,17);1-2H,(H2,9,11). The van der Waals surface area contributed by atoms with Crippen LogP contribution in [0.15, 0.2) is 36.8 Å². The summed E-state index contributed by atoms with van der Waals surface area (Å²) in [6.45, 7) is 0.524. The van der Waals surface area contributed by atoms with Crippen LogP contribution in [-0.4, -0.2) is 62.5 Å². The van der Waals surface area contributed by atoms with Gasteiger partial charge in [-0.15, -0.1) is 0 Å². The predicted molar refractivity (Wildman–Crippen MR) is 94.4 cm³/mol. The maximum atomic E-state index is 11.8. The quantitative estimate of drug-likeness (QED) is 0.564. The topological polar surface area (TPSA) is 143 Å². The summed E-state index contributed by atoms with van der Waals surface area (Å²) in [4.78, 5) is 21.9. The molecule has 1 fully saturated rings. The van der Waals surface area contributed by atoms with Crippen molar-refractivity contribution < 1.29 is 32.9 Å². The van der Waals surface area contributed by atoms with Crippen LogP contribution in [0.1, 0.15) is 22.6 Å². The van der Waals surface area contributed by atoms with E-state index in [4.69, 9.17) is 10.5 Å². The number of hydrogen-bond donors (Lipinski definition) is 4. The number of nitrogens with two attached hydrogens (primary N) is 1. The number of anilines is 1. The van der Waals surface area contributed by atoms with Crippen LogP contribution < -0.4 is 11.1 Å². The van der Waals surface area contributed by atoms with Crippen LogP contribution in [0.3, 0.4) is 0 Å². The third-order valence-electron chi connectivity index (χ3n) is 3.83. The number of carbonyl (C=O) groups is 1. The summed E-state index contributed by atoms with van der Waals surface area (Å²) >= 11 is 0. The second kappa shape index (κ2) is 10.1. The molecule has 1 aliphatic rings. The lowest BCUT2D eigenvalue weighted by atomic mass is 10.0. The maximum absolute atomic E-state index is 11.8. The minimum atomic E-state index is -4.47. The van der Waals surface area contributed by atoms with Crippen molar-refractivity contribution in [3.63, 3.8) is 0 Å². The molecule has 3 atom stereocenters. The Kier molecular flexibility index (Phi) is 7.82. The number of nitrogen functional groups attached to an aromatic ring is 1. The van der Waals surface area contributed by atoms with Gasteiger partial charge in [-0.1, -0.05) is 6.07 Å². The van der Waals surface area contributed by atoms with Crippen LogP contribution in [0, 0.1) is 0 Å². The van der Waals surface area contributed by atoms with Gasteiger partial charge in [0.25, 0.3) is 5.91 Å². The molecule has 9 nitrogen and oxygen atoms in total. The normalized spacial score (nSPS) is 21.6. The Morgan fingerprint density at radius 3 is 2.66 bits per heavy atom. The van der Waals surface area contributed by atoms with Gasteiger partial charge in [0.1, 0.15) is 23.7 Å². The molecule has 0 radical (unpaired) electrons. The Bertz CT molecular complexity index is 794. The van der Waals surface area contributed by atoms with Gasteiger partial charge in [-0.25, -0.2) is 4.98 Å². The number of hydrogen-bond acceptors (Lipinski definition) is 8. The number of alkyl halides is 3. The van der Waals surface area contributed by atoms with Crippen LogP contribution in [0.25, 0.3) is 0 Å². The SMILES string of the molecule is Nc1cncc(C(F)(F)F)n1.O=C(NCC1OCCC(O)C1O)c1ccccn1. The molecule has 1 aliphatic heterocycles. The molecule has 0 spiro atoms. The molecule has 3 heterocycles. The number of rotatable bonds is 3. The maximum Gasteiger partial charge on any atom is 0.434 e. The summed E-state index contributed by atoms with van der Waals surface area (Å²) in [7, 11) is 0. The molecule has 12 heteroatoms. The van der Waals surface area contributed by atoms with Gasteiger partial charge in [0.15, 0.2) is 5.69 Å². The highest BCUT2D eigenvalue weighted by Gasteiger charge is 2.33. The average molecular weight is 415 g/mol. The van der Waals surface area contributed by atoms with Crippen molar-refractivity contribution in [1.82, 2.24) is 20.3 Å². The molecule has 29 heavy (non-hydrogen) atoms. The van der Waals surface area contributed by atoms with Gasteiger partial charge >= 0.3 is 6.18 Å². The summed E-state index contributed by atoms with van der Waals surface area (Å²) in [5, 5.41) is 21.8. The minimum Gasteiger partial charge on any atom is -0.390 e. The smallest absolute Gasteiger partial charge is 0.390 e. The number of aromatic nitrogens is 3. The molecular weight excluding hydrogens is 395 g/mol. The Morgan fingerprint density at radius 2 is 2.07 bits per heavy atom. The zero-order chi connectivity index (χ0) is 21.4. The van der Waals surface area contributed by atoms with Gasteiger partial charge in [0, 0.05) is 19.3 Å². The van der Waals surface area contributed by atoms with Gasteiger partial charge < -0.3 is 26.0 Å². The first-order valence-electron chi connectivity index (χ1n) is 8.50. The molecule has 1 amide bonds. The van der Waals surface area contributed by atoms with E-state index in [0.717, 1.165) is 6.20 Å². The molecule has 158 valence electrons. The zero-order valence-corrected chi connectivity index (χ0v) is 15.1. The van der Waals surface area contributed by atoms with Gasteiger partial charge in [-0.3, -0.25) is 14.8 Å². The Morgan fingerprint density at radius 1 is 1.31 bits per heavy atom. The molecule has 3 unspecified atom stereocenters. The van der Waals surface area contributed by atoms with E-state index in [1.54, 1.807) is 18.2 Å². The number of aliphatic hydroxyl groups is 2. The van der Waals surface area contributed by atoms with E-state index >= 15 is 0 Å². The number of ether oxygens (including phenoxy) is 1. The lowest BCUT2D eigenvalue weighted by Crippen LogP contribution is -2.49. The summed E-state index contributed by atoms with van der Waals surface area (Å²) in [5.74, 6) is -0.564. The largest absolute Gasteiger partial charge is 0.434 e. The molecule has 0 aromatic carbocycles. The highest BCUT2D eigenvalue weighted by atomic mass is 19.4. The number of nitrogens with one attached hydrogen (secondary N) is 1. The van der Waals surface area contributed by atoms with Gasteiger partial charge in [0.05, 0.1) is 18.5 Å². The zero-order valence-electron chi connectivity index (χ0n) is 15.1. The van der Waals surface area contributed by atoms with Crippen LogP contribution in [0.5, 0.6) is 0 Å². The first-order valence-corrected chi connectivity index (χ1v) is 8.50. The third kappa shape index (κ3) is 6.93. The fraction of sp³-hybridized carbons (Fsp3) is 0.412. The summed E-state index contributed by atoms with van der Waals surface area (Å²) < 4.78 is 40.7. The number of carbonyl (C=O) groups excluding carboxylic acids is 1. The van der Waals surface area contributed by atoms with E-state index in [0.29, 0.717) is 24.9 Å². The molecular formula is C17H20F3N5O4. The summed E-state index contributed by atoms with van der Waals surface area (Å²) in [5.41, 5.74) is 4.22. The van der Waals surface area contributed by atoms with Crippen molar-refractivity contribution in [1.29, 1.82) is 0 Å². The van der Waals surface area contributed by atoms with E-state index in [9.17, 15) is 28.2 Å². The van der Waals surface area contributed by atoms with E-state index in [2.05, 4.69) is 20.3 Å². The Hall–Kier alpha value is -2.83. The molecule has 3 rings (SSSR count). The van der Waals surface area contributed by atoms with Crippen LogP contribution in [0.2, 0.25) is 0 Å². The number of amides is 1. The average Bonchev–Trinajstić information content (AvgIpc) is 2.69. The minimum absolute atomic E-state index is 0.146. The summed E-state index contributed by atoms with van der Waals surface area (Å²) in [6.07, 6.45) is -3.20. The van der Waals surface area contributed by atoms with Crippen LogP contribution in [0.4, 0.5) is 19.0 Å². The number of pyridine rings is 1. The molecule has 0 bridgehead atoms. The first-order chi connectivity index (χ1) is 13.7. The van der Waals surface area contributed by atoms with Crippen molar-refractivity contribution in [2.75, 3.05) is 18.9 Å². The lowest BCUT2D eigenvalue weighted by Gasteiger charge is -2.31. The van der Waals surface area contributed by atoms with Crippen LogP contribution >= 0.6 is 0 Å². The van der Waals surface area contributed by atoms with Crippen LogP contribution in [-0.2, 0) is 10.9 Å². The van der Waals surface area contributed by atoms with Crippen molar-refractivity contribution >= 4 is 11.7 Å². The van der Waals surface area contributed by atoms with E-state index < -0.39 is 30.2 Å². The second-order valence-corrected chi connectivity index (χ2v) is 6.01. The molecule has 5 N–H and O–H groups in total. The van der Waals surface area contributed by atoms with Gasteiger partial charge in [0.2, 0.25) is 0 Å². The van der Waals surface area contributed by atoms with Crippen molar-refractivity contribution in [2.24, 2.45) is 0 Å². The molecule has 0 saturated carbocycles. The Labute approximate surface area is 163 Å². The van der Waals surface area contributed by atoms with E-state index in [-0.39, 0.29) is 18.3 Å². The molecule has 0 aliphatic carbocycles. The molecule has 2 aromatic heterocycles. The molecule has 2 aromatic rings. The van der Waals surface area contributed by atoms with E-state index in [1.165, 1.54) is 6.20 Å². The van der Waals surface area contributed by atoms with E-state index in [1.807, 2.05) is 0 Å². The fourth-order valence-corrected chi connectivity index (χ4v) is 2.34. The second-order valence-electron chi connectivity index (χ2n) is 6.01. The van der Waals surface area contributed by atoms with Crippen molar-refractivity contribution in [2.45, 2.75) is 30.9 Å². The predicted octanol–water partition coefficient (Wildman–Crippen LogP) is 0.400. The number of nitrogens with zero attached hydrogens (tertiary/aromatic N) is 3. The third-order valence-corrected chi connectivity index (χ3v) is 3.83. The van der Waals surface area contributed by atoms with Gasteiger partial charge in [-0.2, -0.15) is 13.2 Å².